The molecule has 2 heterocycles. The smallest absolute Gasteiger partial charge is 0.229 e. The van der Waals surface area contributed by atoms with E-state index in [-0.39, 0.29) is 5.95 Å². The lowest BCUT2D eigenvalue weighted by molar-refractivity contribution is 0.919. The number of nitrogen functional groups attached to an aromatic ring is 1. The number of thiophene rings is 1. The van der Waals surface area contributed by atoms with Crippen LogP contribution >= 0.6 is 34.7 Å². The van der Waals surface area contributed by atoms with Gasteiger partial charge in [0.2, 0.25) is 11.9 Å². The molecule has 0 saturated carbocycles. The number of rotatable bonds is 5. The molecule has 2 aromatic rings. The Morgan fingerprint density at radius 3 is 2.68 bits per heavy atom. The molecule has 0 saturated heterocycles. The third-order valence-electron chi connectivity index (χ3n) is 2.19. The normalized spacial score (nSPS) is 10.7. The Labute approximate surface area is 125 Å². The topological polar surface area (TPSA) is 67.9 Å². The third kappa shape index (κ3) is 4.22. The fourth-order valence-corrected chi connectivity index (χ4v) is 3.44. The van der Waals surface area contributed by atoms with E-state index in [4.69, 9.17) is 17.3 Å². The molecule has 0 spiro atoms. The Hall–Kier alpha value is -1.05. The molecule has 0 atom stereocenters. The molecule has 0 fully saturated rings. The number of hydrogen-bond acceptors (Lipinski definition) is 7. The van der Waals surface area contributed by atoms with Crippen LogP contribution in [0.5, 0.6) is 0 Å². The van der Waals surface area contributed by atoms with Crippen molar-refractivity contribution in [3.63, 3.8) is 0 Å². The molecule has 2 N–H and O–H groups in total. The van der Waals surface area contributed by atoms with Gasteiger partial charge in [0.1, 0.15) is 5.82 Å². The minimum absolute atomic E-state index is 0.258. The molecule has 0 amide bonds. The van der Waals surface area contributed by atoms with Crippen LogP contribution in [0.15, 0.2) is 12.1 Å². The lowest BCUT2D eigenvalue weighted by Crippen LogP contribution is -2.15. The number of halogens is 1. The summed E-state index contributed by atoms with van der Waals surface area (Å²) >= 11 is 9.21. The molecule has 2 rings (SSSR count). The van der Waals surface area contributed by atoms with Crippen molar-refractivity contribution in [2.75, 3.05) is 24.7 Å². The maximum Gasteiger partial charge on any atom is 0.229 e. The van der Waals surface area contributed by atoms with Gasteiger partial charge in [0.15, 0.2) is 0 Å². The first-order valence-electron chi connectivity index (χ1n) is 5.54. The van der Waals surface area contributed by atoms with Gasteiger partial charge >= 0.3 is 0 Å². The molecular weight excluding hydrogens is 302 g/mol. The van der Waals surface area contributed by atoms with Crippen molar-refractivity contribution in [3.8, 4) is 0 Å². The van der Waals surface area contributed by atoms with Crippen molar-refractivity contribution in [3.05, 3.63) is 27.2 Å². The Balaban J connectivity index is 1.95. The number of thioether (sulfide) groups is 1. The van der Waals surface area contributed by atoms with Gasteiger partial charge in [-0.3, -0.25) is 0 Å². The molecule has 19 heavy (non-hydrogen) atoms. The summed E-state index contributed by atoms with van der Waals surface area (Å²) < 4.78 is 0.815. The van der Waals surface area contributed by atoms with Crippen molar-refractivity contribution < 1.29 is 0 Å². The summed E-state index contributed by atoms with van der Waals surface area (Å²) in [5.74, 6) is 3.13. The van der Waals surface area contributed by atoms with Gasteiger partial charge in [0, 0.05) is 24.7 Å². The van der Waals surface area contributed by atoms with Crippen LogP contribution in [0.2, 0.25) is 4.34 Å². The van der Waals surface area contributed by atoms with Gasteiger partial charge in [-0.05, 0) is 12.1 Å². The molecule has 5 nitrogen and oxygen atoms in total. The van der Waals surface area contributed by atoms with E-state index in [1.807, 2.05) is 31.1 Å². The summed E-state index contributed by atoms with van der Waals surface area (Å²) in [7, 11) is 3.75. The van der Waals surface area contributed by atoms with Crippen LogP contribution in [0.1, 0.15) is 10.7 Å². The lowest BCUT2D eigenvalue weighted by atomic mass is 10.5. The second-order valence-corrected chi connectivity index (χ2v) is 6.79. The van der Waals surface area contributed by atoms with Crippen molar-refractivity contribution in [2.45, 2.75) is 11.5 Å². The summed E-state index contributed by atoms with van der Waals surface area (Å²) in [5, 5.41) is 0. The number of hydrogen-bond donors (Lipinski definition) is 1. The second kappa shape index (κ2) is 6.40. The van der Waals surface area contributed by atoms with E-state index in [1.54, 1.807) is 23.1 Å². The van der Waals surface area contributed by atoms with Gasteiger partial charge < -0.3 is 10.6 Å². The van der Waals surface area contributed by atoms with E-state index in [0.29, 0.717) is 17.5 Å². The Morgan fingerprint density at radius 2 is 2.05 bits per heavy atom. The number of nitrogens with two attached hydrogens (primary N) is 1. The molecule has 0 aliphatic rings. The Kier molecular flexibility index (Phi) is 4.84. The first kappa shape index (κ1) is 14.4. The molecule has 0 aromatic carbocycles. The van der Waals surface area contributed by atoms with Crippen LogP contribution in [-0.2, 0) is 11.5 Å². The average molecular weight is 316 g/mol. The fourth-order valence-electron chi connectivity index (χ4n) is 1.36. The molecule has 0 bridgehead atoms. The zero-order valence-corrected chi connectivity index (χ0v) is 13.0. The first-order chi connectivity index (χ1) is 9.04. The summed E-state index contributed by atoms with van der Waals surface area (Å²) in [4.78, 5) is 15.6. The zero-order valence-electron chi connectivity index (χ0n) is 10.6. The van der Waals surface area contributed by atoms with Crippen LogP contribution < -0.4 is 10.6 Å². The Bertz CT molecular complexity index is 558. The second-order valence-electron chi connectivity index (χ2n) is 4.00. The van der Waals surface area contributed by atoms with Gasteiger partial charge in [-0.15, -0.1) is 23.1 Å². The third-order valence-corrected chi connectivity index (χ3v) is 4.58. The summed E-state index contributed by atoms with van der Waals surface area (Å²) in [6, 6.07) is 3.94. The molecule has 8 heteroatoms. The lowest BCUT2D eigenvalue weighted by Gasteiger charge is -2.11. The summed E-state index contributed by atoms with van der Waals surface area (Å²) in [5.41, 5.74) is 5.67. The van der Waals surface area contributed by atoms with Crippen LogP contribution in [0.3, 0.4) is 0 Å². The molecule has 0 radical (unpaired) electrons. The minimum atomic E-state index is 0.258. The van der Waals surface area contributed by atoms with Crippen LogP contribution in [-0.4, -0.2) is 29.0 Å². The van der Waals surface area contributed by atoms with Crippen LogP contribution in [0, 0.1) is 0 Å². The Morgan fingerprint density at radius 1 is 1.26 bits per heavy atom. The van der Waals surface area contributed by atoms with Gasteiger partial charge in [-0.2, -0.15) is 15.0 Å². The highest BCUT2D eigenvalue weighted by Gasteiger charge is 2.06. The van der Waals surface area contributed by atoms with Crippen molar-refractivity contribution in [2.24, 2.45) is 0 Å². The fraction of sp³-hybridized carbons (Fsp3) is 0.364. The molecule has 102 valence electrons. The van der Waals surface area contributed by atoms with Crippen LogP contribution in [0.25, 0.3) is 0 Å². The quantitative estimate of drug-likeness (QED) is 0.915. The van der Waals surface area contributed by atoms with Crippen LogP contribution in [0.4, 0.5) is 11.9 Å². The molecular formula is C11H14ClN5S2. The van der Waals surface area contributed by atoms with E-state index >= 15 is 0 Å². The number of aromatic nitrogens is 3. The van der Waals surface area contributed by atoms with E-state index < -0.39 is 0 Å². The summed E-state index contributed by atoms with van der Waals surface area (Å²) in [6.07, 6.45) is 0. The van der Waals surface area contributed by atoms with Gasteiger partial charge in [-0.1, -0.05) is 11.6 Å². The predicted octanol–water partition coefficient (Wildman–Crippen LogP) is 2.67. The molecule has 0 unspecified atom stereocenters. The average Bonchev–Trinajstić information content (AvgIpc) is 2.74. The van der Waals surface area contributed by atoms with E-state index in [0.717, 1.165) is 10.1 Å². The van der Waals surface area contributed by atoms with Crippen molar-refractivity contribution in [1.82, 2.24) is 15.0 Å². The maximum absolute atomic E-state index is 5.89. The SMILES string of the molecule is CN(C)c1nc(N)nc(CSCc2ccc(Cl)s2)n1. The van der Waals surface area contributed by atoms with Gasteiger partial charge in [0.05, 0.1) is 10.1 Å². The van der Waals surface area contributed by atoms with E-state index in [2.05, 4.69) is 15.0 Å². The minimum Gasteiger partial charge on any atom is -0.368 e. The highest BCUT2D eigenvalue weighted by Crippen LogP contribution is 2.26. The van der Waals surface area contributed by atoms with Crippen molar-refractivity contribution in [1.29, 1.82) is 0 Å². The number of anilines is 2. The highest BCUT2D eigenvalue weighted by molar-refractivity contribution is 7.97. The monoisotopic (exact) mass is 315 g/mol. The van der Waals surface area contributed by atoms with E-state index in [9.17, 15) is 0 Å². The largest absolute Gasteiger partial charge is 0.368 e. The highest BCUT2D eigenvalue weighted by atomic mass is 35.5. The van der Waals surface area contributed by atoms with Crippen molar-refractivity contribution >= 4 is 46.6 Å². The van der Waals surface area contributed by atoms with Gasteiger partial charge in [-0.25, -0.2) is 0 Å². The summed E-state index contributed by atoms with van der Waals surface area (Å²) in [6.45, 7) is 0. The number of nitrogens with zero attached hydrogens (tertiary/aromatic N) is 4. The van der Waals surface area contributed by atoms with E-state index in [1.165, 1.54) is 4.88 Å². The molecule has 0 aliphatic heterocycles. The molecule has 0 aliphatic carbocycles. The molecule has 2 aromatic heterocycles. The first-order valence-corrected chi connectivity index (χ1v) is 7.89. The van der Waals surface area contributed by atoms with Gasteiger partial charge in [0.25, 0.3) is 0 Å². The standard InChI is InChI=1S/C11H14ClN5S2/c1-17(2)11-15-9(14-10(13)16-11)6-18-5-7-3-4-8(12)19-7/h3-4H,5-6H2,1-2H3,(H2,13,14,15,16). The predicted molar refractivity (Wildman–Crippen MR) is 82.9 cm³/mol. The maximum atomic E-state index is 5.89. The zero-order chi connectivity index (χ0) is 13.8.